The number of Topliss-reactive ketones (excluding diaryl/α,β-unsaturated/α-hetero) is 1. The fourth-order valence-electron chi connectivity index (χ4n) is 2.96. The van der Waals surface area contributed by atoms with Crippen molar-refractivity contribution in [2.75, 3.05) is 6.54 Å². The highest BCUT2D eigenvalue weighted by atomic mass is 16.6. The predicted octanol–water partition coefficient (Wildman–Crippen LogP) is 3.11. The third kappa shape index (κ3) is 3.40. The normalized spacial score (nSPS) is 21.1. The van der Waals surface area contributed by atoms with Gasteiger partial charge in [-0.3, -0.25) is 14.9 Å². The van der Waals surface area contributed by atoms with Gasteiger partial charge < -0.3 is 0 Å². The molecule has 0 spiro atoms. The summed E-state index contributed by atoms with van der Waals surface area (Å²) in [4.78, 5) is 22.7. The smallest absolute Gasteiger partial charge is 0.211 e. The van der Waals surface area contributed by atoms with Gasteiger partial charge in [-0.25, -0.2) is 0 Å². The highest BCUT2D eigenvalue weighted by Crippen LogP contribution is 2.34. The first-order chi connectivity index (χ1) is 9.08. The molecule has 0 aliphatic heterocycles. The topological polar surface area (TPSA) is 60.2 Å². The van der Waals surface area contributed by atoms with Gasteiger partial charge in [0.25, 0.3) is 0 Å². The van der Waals surface area contributed by atoms with Gasteiger partial charge in [0.15, 0.2) is 0 Å². The molecular weight excluding hydrogens is 242 g/mol. The summed E-state index contributed by atoms with van der Waals surface area (Å²) >= 11 is 0. The second kappa shape index (κ2) is 5.95. The van der Waals surface area contributed by atoms with Crippen LogP contribution in [0.5, 0.6) is 0 Å². The number of aryl methyl sites for hydroxylation is 1. The van der Waals surface area contributed by atoms with Crippen molar-refractivity contribution < 1.29 is 9.72 Å². The van der Waals surface area contributed by atoms with Gasteiger partial charge in [0.1, 0.15) is 5.78 Å². The Morgan fingerprint density at radius 3 is 2.84 bits per heavy atom. The predicted molar refractivity (Wildman–Crippen MR) is 72.7 cm³/mol. The Hall–Kier alpha value is -1.71. The zero-order valence-corrected chi connectivity index (χ0v) is 11.2. The third-order valence-electron chi connectivity index (χ3n) is 3.90. The van der Waals surface area contributed by atoms with E-state index in [9.17, 15) is 14.9 Å². The summed E-state index contributed by atoms with van der Waals surface area (Å²) in [5.41, 5.74) is 2.01. The number of hydrogen-bond donors (Lipinski definition) is 0. The summed E-state index contributed by atoms with van der Waals surface area (Å²) in [5, 5.41) is 10.9. The van der Waals surface area contributed by atoms with Gasteiger partial charge in [0, 0.05) is 17.3 Å². The average Bonchev–Trinajstić information content (AvgIpc) is 2.37. The lowest BCUT2D eigenvalue weighted by atomic mass is 9.76. The van der Waals surface area contributed by atoms with Crippen LogP contribution in [-0.2, 0) is 4.79 Å². The fourth-order valence-corrected chi connectivity index (χ4v) is 2.96. The van der Waals surface area contributed by atoms with Gasteiger partial charge in [0.2, 0.25) is 6.54 Å². The SMILES string of the molecule is Cc1cccc([C@H](C[N+](=O)[O-])[C@@H]2CCCCC2=O)c1. The van der Waals surface area contributed by atoms with E-state index < -0.39 is 0 Å². The first-order valence-corrected chi connectivity index (χ1v) is 6.79. The van der Waals surface area contributed by atoms with Crippen molar-refractivity contribution in [2.24, 2.45) is 5.92 Å². The van der Waals surface area contributed by atoms with Crippen LogP contribution >= 0.6 is 0 Å². The second-order valence-corrected chi connectivity index (χ2v) is 5.35. The van der Waals surface area contributed by atoms with E-state index in [1.54, 1.807) is 0 Å². The van der Waals surface area contributed by atoms with E-state index in [1.165, 1.54) is 0 Å². The van der Waals surface area contributed by atoms with Crippen molar-refractivity contribution in [3.63, 3.8) is 0 Å². The highest BCUT2D eigenvalue weighted by Gasteiger charge is 2.34. The number of hydrogen-bond acceptors (Lipinski definition) is 3. The monoisotopic (exact) mass is 261 g/mol. The Morgan fingerprint density at radius 1 is 1.42 bits per heavy atom. The fraction of sp³-hybridized carbons (Fsp3) is 0.533. The molecule has 0 amide bonds. The molecule has 0 N–H and O–H groups in total. The van der Waals surface area contributed by atoms with Gasteiger partial charge in [-0.05, 0) is 25.3 Å². The van der Waals surface area contributed by atoms with Crippen molar-refractivity contribution in [3.8, 4) is 0 Å². The number of nitrogens with zero attached hydrogens (tertiary/aromatic N) is 1. The number of benzene rings is 1. The molecule has 19 heavy (non-hydrogen) atoms. The van der Waals surface area contributed by atoms with Crippen molar-refractivity contribution in [3.05, 3.63) is 45.5 Å². The zero-order chi connectivity index (χ0) is 13.8. The molecular formula is C15H19NO3. The summed E-state index contributed by atoms with van der Waals surface area (Å²) in [5.74, 6) is -0.261. The molecule has 0 bridgehead atoms. The summed E-state index contributed by atoms with van der Waals surface area (Å²) in [6.45, 7) is 1.81. The van der Waals surface area contributed by atoms with E-state index in [-0.39, 0.29) is 29.1 Å². The molecule has 0 radical (unpaired) electrons. The van der Waals surface area contributed by atoms with Crippen LogP contribution in [-0.4, -0.2) is 17.3 Å². The van der Waals surface area contributed by atoms with Gasteiger partial charge in [-0.1, -0.05) is 36.2 Å². The maximum Gasteiger partial charge on any atom is 0.211 e. The lowest BCUT2D eigenvalue weighted by Gasteiger charge is -2.27. The number of rotatable bonds is 4. The molecule has 1 aromatic rings. The molecule has 2 atom stereocenters. The summed E-state index contributed by atoms with van der Waals surface area (Å²) < 4.78 is 0. The standard InChI is InChI=1S/C15H19NO3/c1-11-5-4-6-12(9-11)14(10-16(18)19)13-7-2-3-8-15(13)17/h4-6,9,13-14H,2-3,7-8,10H2,1H3/t13-,14-/m0/s1. The number of carbonyl (C=O) groups excluding carboxylic acids is 1. The average molecular weight is 261 g/mol. The molecule has 4 heteroatoms. The molecule has 2 rings (SSSR count). The first-order valence-electron chi connectivity index (χ1n) is 6.79. The highest BCUT2D eigenvalue weighted by molar-refractivity contribution is 5.82. The van der Waals surface area contributed by atoms with E-state index >= 15 is 0 Å². The quantitative estimate of drug-likeness (QED) is 0.618. The molecule has 0 unspecified atom stereocenters. The van der Waals surface area contributed by atoms with Crippen molar-refractivity contribution >= 4 is 5.78 Å². The van der Waals surface area contributed by atoms with Crippen LogP contribution < -0.4 is 0 Å². The summed E-state index contributed by atoms with van der Waals surface area (Å²) in [7, 11) is 0. The van der Waals surface area contributed by atoms with Crippen LogP contribution in [0, 0.1) is 23.0 Å². The number of ketones is 1. The van der Waals surface area contributed by atoms with Crippen LogP contribution in [0.1, 0.15) is 42.7 Å². The van der Waals surface area contributed by atoms with E-state index in [2.05, 4.69) is 0 Å². The Kier molecular flexibility index (Phi) is 4.30. The molecule has 0 heterocycles. The first kappa shape index (κ1) is 13.7. The Morgan fingerprint density at radius 2 is 2.21 bits per heavy atom. The van der Waals surface area contributed by atoms with Crippen molar-refractivity contribution in [1.82, 2.24) is 0 Å². The van der Waals surface area contributed by atoms with Crippen LogP contribution in [0.25, 0.3) is 0 Å². The molecule has 1 fully saturated rings. The van der Waals surface area contributed by atoms with Gasteiger partial charge in [-0.2, -0.15) is 0 Å². The van der Waals surface area contributed by atoms with E-state index in [0.717, 1.165) is 30.4 Å². The Balaban J connectivity index is 2.29. The van der Waals surface area contributed by atoms with Gasteiger partial charge in [-0.15, -0.1) is 0 Å². The largest absolute Gasteiger partial charge is 0.299 e. The van der Waals surface area contributed by atoms with Gasteiger partial charge >= 0.3 is 0 Å². The molecule has 1 aliphatic carbocycles. The minimum atomic E-state index is -0.297. The Labute approximate surface area is 113 Å². The van der Waals surface area contributed by atoms with Crippen molar-refractivity contribution in [2.45, 2.75) is 38.5 Å². The maximum atomic E-state index is 12.1. The molecule has 4 nitrogen and oxygen atoms in total. The molecule has 0 saturated heterocycles. The molecule has 0 aromatic heterocycles. The third-order valence-corrected chi connectivity index (χ3v) is 3.90. The Bertz CT molecular complexity index is 484. The molecule has 1 saturated carbocycles. The van der Waals surface area contributed by atoms with E-state index in [1.807, 2.05) is 31.2 Å². The van der Waals surface area contributed by atoms with Gasteiger partial charge in [0.05, 0.1) is 5.92 Å². The van der Waals surface area contributed by atoms with Crippen LogP contribution in [0.2, 0.25) is 0 Å². The molecule has 1 aliphatic rings. The summed E-state index contributed by atoms with van der Waals surface area (Å²) in [6, 6.07) is 7.75. The molecule has 1 aromatic carbocycles. The minimum absolute atomic E-state index is 0.153. The van der Waals surface area contributed by atoms with E-state index in [0.29, 0.717) is 6.42 Å². The molecule has 102 valence electrons. The minimum Gasteiger partial charge on any atom is -0.299 e. The number of nitro groups is 1. The van der Waals surface area contributed by atoms with Crippen LogP contribution in [0.15, 0.2) is 24.3 Å². The van der Waals surface area contributed by atoms with Crippen LogP contribution in [0.4, 0.5) is 0 Å². The van der Waals surface area contributed by atoms with Crippen LogP contribution in [0.3, 0.4) is 0 Å². The van der Waals surface area contributed by atoms with E-state index in [4.69, 9.17) is 0 Å². The maximum absolute atomic E-state index is 12.1. The second-order valence-electron chi connectivity index (χ2n) is 5.35. The number of carbonyl (C=O) groups is 1. The lowest BCUT2D eigenvalue weighted by molar-refractivity contribution is -0.484. The van der Waals surface area contributed by atoms with Crippen molar-refractivity contribution in [1.29, 1.82) is 0 Å². The lowest BCUT2D eigenvalue weighted by Crippen LogP contribution is -2.30. The summed E-state index contributed by atoms with van der Waals surface area (Å²) in [6.07, 6.45) is 3.28. The zero-order valence-electron chi connectivity index (χ0n) is 11.2.